The fourth-order valence-corrected chi connectivity index (χ4v) is 3.79. The number of nitrogens with one attached hydrogen (secondary N) is 2. The second-order valence-corrected chi connectivity index (χ2v) is 7.09. The molecule has 6 nitrogen and oxygen atoms in total. The SMILES string of the molecule is O=C(C[C@@H]1Nc2c3ccccc3nc(=S)n2C1=O)NCc1cccs1. The molecular weight excluding hydrogens is 356 g/mol. The van der Waals surface area contributed by atoms with Gasteiger partial charge in [0.05, 0.1) is 18.5 Å². The van der Waals surface area contributed by atoms with E-state index in [1.165, 1.54) is 4.57 Å². The maximum absolute atomic E-state index is 12.6. The third-order valence-corrected chi connectivity index (χ3v) is 5.20. The minimum absolute atomic E-state index is 0.0506. The van der Waals surface area contributed by atoms with E-state index < -0.39 is 6.04 Å². The molecule has 1 amide bonds. The highest BCUT2D eigenvalue weighted by Gasteiger charge is 2.33. The van der Waals surface area contributed by atoms with Crippen molar-refractivity contribution in [3.8, 4) is 0 Å². The average Bonchev–Trinajstić information content (AvgIpc) is 3.22. The molecule has 2 aromatic heterocycles. The second kappa shape index (κ2) is 6.38. The van der Waals surface area contributed by atoms with Gasteiger partial charge in [-0.05, 0) is 35.8 Å². The number of amides is 1. The lowest BCUT2D eigenvalue weighted by atomic mass is 10.2. The summed E-state index contributed by atoms with van der Waals surface area (Å²) in [4.78, 5) is 30.2. The number of carbonyl (C=O) groups excluding carboxylic acids is 2. The lowest BCUT2D eigenvalue weighted by Crippen LogP contribution is -2.33. The van der Waals surface area contributed by atoms with Crippen molar-refractivity contribution >= 4 is 52.1 Å². The Balaban J connectivity index is 1.54. The van der Waals surface area contributed by atoms with Crippen LogP contribution >= 0.6 is 23.6 Å². The summed E-state index contributed by atoms with van der Waals surface area (Å²) >= 11 is 6.82. The molecule has 0 saturated heterocycles. The van der Waals surface area contributed by atoms with E-state index in [0.717, 1.165) is 15.8 Å². The molecule has 4 rings (SSSR count). The van der Waals surface area contributed by atoms with Crippen LogP contribution in [0.2, 0.25) is 0 Å². The first kappa shape index (κ1) is 15.9. The number of anilines is 1. The number of rotatable bonds is 4. The maximum Gasteiger partial charge on any atom is 0.257 e. The summed E-state index contributed by atoms with van der Waals surface area (Å²) in [5, 5.41) is 8.75. The van der Waals surface area contributed by atoms with Gasteiger partial charge in [0.15, 0.2) is 0 Å². The van der Waals surface area contributed by atoms with Gasteiger partial charge >= 0.3 is 0 Å². The molecule has 0 radical (unpaired) electrons. The number of aromatic nitrogens is 2. The Morgan fingerprint density at radius 3 is 2.96 bits per heavy atom. The van der Waals surface area contributed by atoms with E-state index in [4.69, 9.17) is 12.2 Å². The van der Waals surface area contributed by atoms with Crippen molar-refractivity contribution in [2.45, 2.75) is 19.0 Å². The van der Waals surface area contributed by atoms with Gasteiger partial charge < -0.3 is 10.6 Å². The Morgan fingerprint density at radius 2 is 2.16 bits per heavy atom. The van der Waals surface area contributed by atoms with E-state index in [-0.39, 0.29) is 23.0 Å². The molecule has 25 heavy (non-hydrogen) atoms. The first-order chi connectivity index (χ1) is 12.1. The van der Waals surface area contributed by atoms with Gasteiger partial charge in [-0.25, -0.2) is 9.55 Å². The predicted molar refractivity (Wildman–Crippen MR) is 99.4 cm³/mol. The first-order valence-corrected chi connectivity index (χ1v) is 9.04. The Morgan fingerprint density at radius 1 is 1.32 bits per heavy atom. The quantitative estimate of drug-likeness (QED) is 0.691. The number of nitrogens with zero attached hydrogens (tertiary/aromatic N) is 2. The Labute approximate surface area is 152 Å². The predicted octanol–water partition coefficient (Wildman–Crippen LogP) is 2.97. The molecule has 3 aromatic rings. The summed E-state index contributed by atoms with van der Waals surface area (Å²) in [6.45, 7) is 0.467. The topological polar surface area (TPSA) is 76.0 Å². The molecule has 1 aromatic carbocycles. The van der Waals surface area contributed by atoms with E-state index in [2.05, 4.69) is 15.6 Å². The van der Waals surface area contributed by atoms with E-state index in [0.29, 0.717) is 12.4 Å². The standard InChI is InChI=1S/C17H14N4O2S2/c22-14(18-9-10-4-3-7-25-10)8-13-16(23)21-15(19-13)11-5-1-2-6-12(11)20-17(21)24/h1-7,13,19H,8-9H2,(H,18,22)/t13-/m0/s1. The summed E-state index contributed by atoms with van der Waals surface area (Å²) in [6, 6.07) is 10.7. The van der Waals surface area contributed by atoms with Gasteiger partial charge in [0.2, 0.25) is 10.7 Å². The molecule has 0 bridgehead atoms. The van der Waals surface area contributed by atoms with Crippen molar-refractivity contribution in [2.75, 3.05) is 5.32 Å². The van der Waals surface area contributed by atoms with Crippen LogP contribution in [-0.2, 0) is 11.3 Å². The summed E-state index contributed by atoms with van der Waals surface area (Å²) in [5.41, 5.74) is 0.724. The Bertz CT molecular complexity index is 1030. The van der Waals surface area contributed by atoms with E-state index in [1.807, 2.05) is 41.8 Å². The number of benzene rings is 1. The molecule has 0 unspecified atom stereocenters. The van der Waals surface area contributed by atoms with Crippen molar-refractivity contribution in [1.29, 1.82) is 0 Å². The smallest absolute Gasteiger partial charge is 0.257 e. The van der Waals surface area contributed by atoms with Crippen LogP contribution in [0.15, 0.2) is 41.8 Å². The van der Waals surface area contributed by atoms with Crippen LogP contribution in [0.3, 0.4) is 0 Å². The number of fused-ring (bicyclic) bond motifs is 3. The van der Waals surface area contributed by atoms with Crippen LogP contribution in [-0.4, -0.2) is 27.4 Å². The zero-order valence-electron chi connectivity index (χ0n) is 13.1. The average molecular weight is 370 g/mol. The van der Waals surface area contributed by atoms with Gasteiger partial charge in [-0.2, -0.15) is 0 Å². The minimum atomic E-state index is -0.641. The Hall–Kier alpha value is -2.58. The number of thiophene rings is 1. The fraction of sp³-hybridized carbons (Fsp3) is 0.176. The molecule has 0 fully saturated rings. The number of hydrogen-bond acceptors (Lipinski definition) is 6. The molecule has 1 aliphatic heterocycles. The molecular formula is C17H14N4O2S2. The number of para-hydroxylation sites is 1. The van der Waals surface area contributed by atoms with Crippen LogP contribution in [0.5, 0.6) is 0 Å². The summed E-state index contributed by atoms with van der Waals surface area (Å²) in [7, 11) is 0. The van der Waals surface area contributed by atoms with Crippen molar-refractivity contribution in [3.63, 3.8) is 0 Å². The monoisotopic (exact) mass is 370 g/mol. The lowest BCUT2D eigenvalue weighted by Gasteiger charge is -2.09. The maximum atomic E-state index is 12.6. The van der Waals surface area contributed by atoms with E-state index >= 15 is 0 Å². The zero-order chi connectivity index (χ0) is 17.4. The lowest BCUT2D eigenvalue weighted by molar-refractivity contribution is -0.121. The third-order valence-electron chi connectivity index (χ3n) is 4.05. The van der Waals surface area contributed by atoms with Gasteiger partial charge in [0.25, 0.3) is 5.91 Å². The van der Waals surface area contributed by atoms with Gasteiger partial charge in [-0.3, -0.25) is 9.59 Å². The molecule has 3 heterocycles. The zero-order valence-corrected chi connectivity index (χ0v) is 14.7. The first-order valence-electron chi connectivity index (χ1n) is 7.75. The fourth-order valence-electron chi connectivity index (χ4n) is 2.86. The van der Waals surface area contributed by atoms with Crippen LogP contribution in [0.4, 0.5) is 5.82 Å². The van der Waals surface area contributed by atoms with Crippen molar-refractivity contribution in [2.24, 2.45) is 0 Å². The van der Waals surface area contributed by atoms with E-state index in [1.54, 1.807) is 11.3 Å². The van der Waals surface area contributed by atoms with Gasteiger partial charge in [0.1, 0.15) is 11.9 Å². The highest BCUT2D eigenvalue weighted by Crippen LogP contribution is 2.28. The summed E-state index contributed by atoms with van der Waals surface area (Å²) < 4.78 is 1.59. The number of carbonyl (C=O) groups is 2. The summed E-state index contributed by atoms with van der Waals surface area (Å²) in [6.07, 6.45) is 0.0506. The molecule has 126 valence electrons. The number of hydrogen-bond donors (Lipinski definition) is 2. The van der Waals surface area contributed by atoms with Crippen LogP contribution in [0.25, 0.3) is 10.9 Å². The molecule has 0 aliphatic carbocycles. The van der Waals surface area contributed by atoms with Crippen molar-refractivity contribution < 1.29 is 9.59 Å². The van der Waals surface area contributed by atoms with Crippen molar-refractivity contribution in [1.82, 2.24) is 14.9 Å². The molecule has 2 N–H and O–H groups in total. The van der Waals surface area contributed by atoms with Crippen LogP contribution in [0, 0.1) is 4.77 Å². The molecule has 1 aliphatic rings. The van der Waals surface area contributed by atoms with Gasteiger partial charge in [0, 0.05) is 10.3 Å². The largest absolute Gasteiger partial charge is 0.358 e. The van der Waals surface area contributed by atoms with Gasteiger partial charge in [-0.1, -0.05) is 18.2 Å². The summed E-state index contributed by atoms with van der Waals surface area (Å²) in [5.74, 6) is 0.178. The highest BCUT2D eigenvalue weighted by molar-refractivity contribution is 7.71. The molecule has 0 spiro atoms. The van der Waals surface area contributed by atoms with E-state index in [9.17, 15) is 9.59 Å². The highest BCUT2D eigenvalue weighted by atomic mass is 32.1. The van der Waals surface area contributed by atoms with Crippen molar-refractivity contribution in [3.05, 3.63) is 51.4 Å². The normalized spacial score (nSPS) is 15.8. The van der Waals surface area contributed by atoms with Crippen LogP contribution < -0.4 is 10.6 Å². The van der Waals surface area contributed by atoms with Gasteiger partial charge in [-0.15, -0.1) is 11.3 Å². The molecule has 1 atom stereocenters. The van der Waals surface area contributed by atoms with Crippen LogP contribution in [0.1, 0.15) is 16.1 Å². The third kappa shape index (κ3) is 2.94. The molecule has 8 heteroatoms. The Kier molecular flexibility index (Phi) is 4.06. The minimum Gasteiger partial charge on any atom is -0.358 e. The second-order valence-electron chi connectivity index (χ2n) is 5.69. The molecule has 0 saturated carbocycles.